The van der Waals surface area contributed by atoms with E-state index in [1.165, 1.54) is 11.8 Å². The van der Waals surface area contributed by atoms with Crippen molar-refractivity contribution in [2.24, 2.45) is 5.10 Å². The highest BCUT2D eigenvalue weighted by molar-refractivity contribution is 8.01. The summed E-state index contributed by atoms with van der Waals surface area (Å²) in [5.41, 5.74) is 4.18. The number of fused-ring (bicyclic) bond motifs is 1. The summed E-state index contributed by atoms with van der Waals surface area (Å²) in [5, 5.41) is 10.1. The lowest BCUT2D eigenvalue weighted by atomic mass is 10.2. The minimum absolute atomic E-state index is 0.0891. The van der Waals surface area contributed by atoms with Gasteiger partial charge in [0.05, 0.1) is 17.2 Å². The van der Waals surface area contributed by atoms with Gasteiger partial charge in [0.25, 0.3) is 0 Å². The summed E-state index contributed by atoms with van der Waals surface area (Å²) in [6, 6.07) is 9.46. The van der Waals surface area contributed by atoms with Crippen LogP contribution in [0, 0.1) is 0 Å². The second-order valence-corrected chi connectivity index (χ2v) is 6.67. The molecular formula is C15H13N3O2S2. The van der Waals surface area contributed by atoms with Crippen molar-refractivity contribution in [1.29, 1.82) is 0 Å². The molecule has 3 rings (SSSR count). The van der Waals surface area contributed by atoms with E-state index in [4.69, 9.17) is 0 Å². The van der Waals surface area contributed by atoms with Gasteiger partial charge in [0.2, 0.25) is 11.8 Å². The number of nitrogens with zero attached hydrogens (tertiary/aromatic N) is 1. The Morgan fingerprint density at radius 1 is 1.36 bits per heavy atom. The lowest BCUT2D eigenvalue weighted by Gasteiger charge is -2.23. The van der Waals surface area contributed by atoms with Crippen LogP contribution >= 0.6 is 23.1 Å². The van der Waals surface area contributed by atoms with Gasteiger partial charge in [0, 0.05) is 16.9 Å². The van der Waals surface area contributed by atoms with Crippen molar-refractivity contribution < 1.29 is 9.59 Å². The summed E-state index contributed by atoms with van der Waals surface area (Å²) in [6.45, 7) is 0. The summed E-state index contributed by atoms with van der Waals surface area (Å²) in [5.74, 6) is -0.431. The van der Waals surface area contributed by atoms with Gasteiger partial charge in [-0.2, -0.15) is 16.4 Å². The normalized spacial score (nSPS) is 17.1. The molecule has 1 aliphatic heterocycles. The van der Waals surface area contributed by atoms with Crippen molar-refractivity contribution in [2.75, 3.05) is 5.32 Å². The predicted octanol–water partition coefficient (Wildman–Crippen LogP) is 2.70. The van der Waals surface area contributed by atoms with Crippen LogP contribution < -0.4 is 10.7 Å². The second-order valence-electron chi connectivity index (χ2n) is 4.65. The lowest BCUT2D eigenvalue weighted by molar-refractivity contribution is -0.124. The van der Waals surface area contributed by atoms with Crippen LogP contribution in [0.2, 0.25) is 0 Å². The van der Waals surface area contributed by atoms with Gasteiger partial charge in [-0.1, -0.05) is 12.1 Å². The maximum absolute atomic E-state index is 12.0. The van der Waals surface area contributed by atoms with Gasteiger partial charge in [-0.15, -0.1) is 11.8 Å². The number of hydrogen-bond acceptors (Lipinski definition) is 5. The molecule has 112 valence electrons. The van der Waals surface area contributed by atoms with Crippen molar-refractivity contribution in [3.05, 3.63) is 46.7 Å². The Hall–Kier alpha value is -2.12. The number of carbonyl (C=O) groups excluding carboxylic acids is 2. The maximum Gasteiger partial charge on any atom is 0.241 e. The number of benzene rings is 1. The number of anilines is 1. The van der Waals surface area contributed by atoms with Gasteiger partial charge in [-0.3, -0.25) is 9.59 Å². The van der Waals surface area contributed by atoms with Crippen molar-refractivity contribution in [2.45, 2.75) is 16.6 Å². The summed E-state index contributed by atoms with van der Waals surface area (Å²) >= 11 is 2.96. The van der Waals surface area contributed by atoms with E-state index in [1.807, 2.05) is 41.1 Å². The van der Waals surface area contributed by atoms with Crippen LogP contribution in [0.3, 0.4) is 0 Å². The Kier molecular flexibility index (Phi) is 4.55. The van der Waals surface area contributed by atoms with Gasteiger partial charge in [0.1, 0.15) is 0 Å². The number of hydrazone groups is 1. The third kappa shape index (κ3) is 3.55. The molecule has 1 atom stereocenters. The van der Waals surface area contributed by atoms with Gasteiger partial charge in [0.15, 0.2) is 0 Å². The average molecular weight is 331 g/mol. The molecule has 0 saturated heterocycles. The van der Waals surface area contributed by atoms with E-state index in [-0.39, 0.29) is 18.2 Å². The topological polar surface area (TPSA) is 70.6 Å². The van der Waals surface area contributed by atoms with Crippen molar-refractivity contribution in [3.63, 3.8) is 0 Å². The fourth-order valence-electron chi connectivity index (χ4n) is 1.97. The SMILES string of the molecule is O=C(C[C@@H]1Sc2ccccc2NC1=O)N/N=C\c1ccsc1. The number of amides is 2. The number of nitrogens with one attached hydrogen (secondary N) is 2. The second kappa shape index (κ2) is 6.76. The number of rotatable bonds is 4. The van der Waals surface area contributed by atoms with Gasteiger partial charge in [-0.05, 0) is 29.0 Å². The molecule has 1 aromatic heterocycles. The molecule has 0 fully saturated rings. The standard InChI is InChI=1S/C15H13N3O2S2/c19-14(18-16-8-10-5-6-21-9-10)7-13-15(20)17-11-3-1-2-4-12(11)22-13/h1-6,8-9,13H,7H2,(H,17,20)(H,18,19)/b16-8-/t13-/m0/s1. The third-order valence-corrected chi connectivity index (χ3v) is 5.00. The van der Waals surface area contributed by atoms with Crippen molar-refractivity contribution >= 4 is 46.8 Å². The zero-order valence-corrected chi connectivity index (χ0v) is 13.1. The number of para-hydroxylation sites is 1. The van der Waals surface area contributed by atoms with Crippen LogP contribution in [0.15, 0.2) is 51.1 Å². The largest absolute Gasteiger partial charge is 0.324 e. The first kappa shape index (κ1) is 14.8. The molecule has 0 spiro atoms. The molecule has 5 nitrogen and oxygen atoms in total. The first-order valence-corrected chi connectivity index (χ1v) is 8.45. The van der Waals surface area contributed by atoms with Crippen LogP contribution in [0.5, 0.6) is 0 Å². The summed E-state index contributed by atoms with van der Waals surface area (Å²) in [6.07, 6.45) is 1.67. The highest BCUT2D eigenvalue weighted by Gasteiger charge is 2.28. The highest BCUT2D eigenvalue weighted by Crippen LogP contribution is 2.36. The van der Waals surface area contributed by atoms with E-state index in [9.17, 15) is 9.59 Å². The van der Waals surface area contributed by atoms with E-state index in [2.05, 4.69) is 15.8 Å². The average Bonchev–Trinajstić information content (AvgIpc) is 3.01. The van der Waals surface area contributed by atoms with Crippen LogP contribution in [-0.4, -0.2) is 23.3 Å². The molecule has 2 aromatic rings. The summed E-state index contributed by atoms with van der Waals surface area (Å²) in [7, 11) is 0. The molecule has 1 aromatic carbocycles. The number of carbonyl (C=O) groups is 2. The number of thiophene rings is 1. The molecule has 1 aliphatic rings. The molecule has 0 radical (unpaired) electrons. The molecule has 0 unspecified atom stereocenters. The van der Waals surface area contributed by atoms with Gasteiger partial charge in [-0.25, -0.2) is 5.43 Å². The van der Waals surface area contributed by atoms with Crippen LogP contribution in [0.4, 0.5) is 5.69 Å². The Morgan fingerprint density at radius 2 is 2.23 bits per heavy atom. The van der Waals surface area contributed by atoms with Crippen molar-refractivity contribution in [3.8, 4) is 0 Å². The molecular weight excluding hydrogens is 318 g/mol. The van der Waals surface area contributed by atoms with E-state index in [1.54, 1.807) is 17.6 Å². The van der Waals surface area contributed by atoms with E-state index >= 15 is 0 Å². The molecule has 2 amide bonds. The zero-order chi connectivity index (χ0) is 15.4. The minimum atomic E-state index is -0.439. The predicted molar refractivity (Wildman–Crippen MR) is 89.4 cm³/mol. The number of thioether (sulfide) groups is 1. The van der Waals surface area contributed by atoms with E-state index < -0.39 is 5.25 Å². The first-order valence-electron chi connectivity index (χ1n) is 6.63. The van der Waals surface area contributed by atoms with Crippen molar-refractivity contribution in [1.82, 2.24) is 5.43 Å². The molecule has 2 N–H and O–H groups in total. The fourth-order valence-corrected chi connectivity index (χ4v) is 3.69. The van der Waals surface area contributed by atoms with Gasteiger partial charge >= 0.3 is 0 Å². The van der Waals surface area contributed by atoms with Gasteiger partial charge < -0.3 is 5.32 Å². The Morgan fingerprint density at radius 3 is 3.05 bits per heavy atom. The minimum Gasteiger partial charge on any atom is -0.324 e. The fraction of sp³-hybridized carbons (Fsp3) is 0.133. The van der Waals surface area contributed by atoms with Crippen LogP contribution in [-0.2, 0) is 9.59 Å². The maximum atomic E-state index is 12.0. The molecule has 0 bridgehead atoms. The van der Waals surface area contributed by atoms with Crippen LogP contribution in [0.25, 0.3) is 0 Å². The monoisotopic (exact) mass is 331 g/mol. The number of hydrogen-bond donors (Lipinski definition) is 2. The molecule has 2 heterocycles. The Bertz CT molecular complexity index is 713. The third-order valence-electron chi connectivity index (χ3n) is 3.02. The van der Waals surface area contributed by atoms with Crippen LogP contribution in [0.1, 0.15) is 12.0 Å². The molecule has 22 heavy (non-hydrogen) atoms. The van der Waals surface area contributed by atoms with E-state index in [0.717, 1.165) is 16.1 Å². The quantitative estimate of drug-likeness (QED) is 0.668. The van der Waals surface area contributed by atoms with E-state index in [0.29, 0.717) is 0 Å². The lowest BCUT2D eigenvalue weighted by Crippen LogP contribution is -2.33. The molecule has 0 saturated carbocycles. The summed E-state index contributed by atoms with van der Waals surface area (Å²) in [4.78, 5) is 24.9. The molecule has 0 aliphatic carbocycles. The summed E-state index contributed by atoms with van der Waals surface area (Å²) < 4.78 is 0. The Labute approximate surface area is 135 Å². The first-order chi connectivity index (χ1) is 10.7. The highest BCUT2D eigenvalue weighted by atomic mass is 32.2. The zero-order valence-electron chi connectivity index (χ0n) is 11.5. The smallest absolute Gasteiger partial charge is 0.241 e. The molecule has 7 heteroatoms. The Balaban J connectivity index is 1.57.